The summed E-state index contributed by atoms with van der Waals surface area (Å²) in [5.41, 5.74) is -0.782. The van der Waals surface area contributed by atoms with Crippen molar-refractivity contribution >= 4 is 75.4 Å². The van der Waals surface area contributed by atoms with Gasteiger partial charge in [0.25, 0.3) is 5.91 Å². The number of aryl methyl sites for hydroxylation is 1. The molecule has 2 aromatic rings. The highest BCUT2D eigenvalue weighted by molar-refractivity contribution is 8.07. The first-order chi connectivity index (χ1) is 16.9. The molecule has 0 bridgehead atoms. The predicted molar refractivity (Wildman–Crippen MR) is 134 cm³/mol. The van der Waals surface area contributed by atoms with Crippen LogP contribution in [-0.2, 0) is 25.5 Å². The molecule has 17 heteroatoms. The van der Waals surface area contributed by atoms with Crippen LogP contribution < -0.4 is 10.6 Å². The standard InChI is InChI=1S/C19H21N7O6S4/c1-7-23-24-18(34-7)35-8-6-33-14-11(13(28)26(14)12(8)15(29)30)21-10(27)5-9-20-16(36-25-9)22-17(31)32-19(2,3)4/h11,14H,5-6H2,1-4H3,(H,21,27)(H,29,30)(H,20,22,25,31)/t11-,14-/m1/s1. The van der Waals surface area contributed by atoms with E-state index >= 15 is 0 Å². The molecule has 2 aliphatic heterocycles. The molecule has 2 atom stereocenters. The number of carboxylic acid groups (broad SMARTS) is 1. The van der Waals surface area contributed by atoms with Crippen LogP contribution in [0, 0.1) is 6.92 Å². The van der Waals surface area contributed by atoms with Gasteiger partial charge in [0.15, 0.2) is 10.2 Å². The van der Waals surface area contributed by atoms with Crippen molar-refractivity contribution in [2.45, 2.75) is 55.5 Å². The fourth-order valence-electron chi connectivity index (χ4n) is 3.23. The highest BCUT2D eigenvalue weighted by atomic mass is 32.2. The van der Waals surface area contributed by atoms with Gasteiger partial charge in [-0.2, -0.15) is 4.37 Å². The lowest BCUT2D eigenvalue weighted by atomic mass is 10.0. The van der Waals surface area contributed by atoms with Gasteiger partial charge in [0, 0.05) is 22.2 Å². The minimum absolute atomic E-state index is 0.105. The van der Waals surface area contributed by atoms with E-state index in [1.165, 1.54) is 39.8 Å². The summed E-state index contributed by atoms with van der Waals surface area (Å²) in [6.07, 6.45) is -0.905. The quantitative estimate of drug-likeness (QED) is 0.413. The largest absolute Gasteiger partial charge is 0.477 e. The third kappa shape index (κ3) is 5.96. The second-order valence-electron chi connectivity index (χ2n) is 8.54. The number of hydrogen-bond donors (Lipinski definition) is 3. The van der Waals surface area contributed by atoms with E-state index in [-0.39, 0.29) is 23.1 Å². The molecular formula is C19H21N7O6S4. The fraction of sp³-hybridized carbons (Fsp3) is 0.474. The number of β-lactam (4-membered cyclic amide) rings is 1. The number of amides is 3. The Kier molecular flexibility index (Phi) is 7.53. The molecule has 0 spiro atoms. The highest BCUT2D eigenvalue weighted by Gasteiger charge is 2.54. The van der Waals surface area contributed by atoms with Gasteiger partial charge in [-0.05, 0) is 27.7 Å². The molecule has 4 rings (SSSR count). The maximum Gasteiger partial charge on any atom is 0.414 e. The Morgan fingerprint density at radius 3 is 2.67 bits per heavy atom. The van der Waals surface area contributed by atoms with Crippen molar-refractivity contribution in [2.24, 2.45) is 0 Å². The van der Waals surface area contributed by atoms with Crippen molar-refractivity contribution < 1.29 is 29.0 Å². The van der Waals surface area contributed by atoms with Gasteiger partial charge in [0.1, 0.15) is 27.7 Å². The van der Waals surface area contributed by atoms with Crippen LogP contribution in [0.2, 0.25) is 0 Å². The number of aliphatic carboxylic acids is 1. The number of thioether (sulfide) groups is 2. The van der Waals surface area contributed by atoms with Crippen LogP contribution in [0.15, 0.2) is 14.9 Å². The van der Waals surface area contributed by atoms with Crippen LogP contribution in [0.25, 0.3) is 0 Å². The van der Waals surface area contributed by atoms with E-state index in [1.807, 2.05) is 0 Å². The number of fused-ring (bicyclic) bond motifs is 1. The van der Waals surface area contributed by atoms with Crippen molar-refractivity contribution in [1.82, 2.24) is 29.8 Å². The van der Waals surface area contributed by atoms with E-state index in [4.69, 9.17) is 4.74 Å². The number of carbonyl (C=O) groups excluding carboxylic acids is 3. The first-order valence-electron chi connectivity index (χ1n) is 10.4. The molecule has 4 heterocycles. The second-order valence-corrected chi connectivity index (χ2v) is 12.9. The average Bonchev–Trinajstić information content (AvgIpc) is 3.38. The zero-order chi connectivity index (χ0) is 26.2. The summed E-state index contributed by atoms with van der Waals surface area (Å²) in [6, 6.07) is -0.870. The molecule has 1 fully saturated rings. The van der Waals surface area contributed by atoms with Crippen LogP contribution in [0.4, 0.5) is 9.93 Å². The maximum atomic E-state index is 12.8. The molecule has 36 heavy (non-hydrogen) atoms. The number of carbonyl (C=O) groups is 4. The summed E-state index contributed by atoms with van der Waals surface area (Å²) in [5, 5.41) is 23.2. The SMILES string of the molecule is Cc1nnc(SC2=C(C(=O)O)N3C(=O)[C@@H](NC(=O)Cc4nsc(NC(=O)OC(C)(C)C)n4)[C@H]3SC2)s1. The minimum Gasteiger partial charge on any atom is -0.477 e. The van der Waals surface area contributed by atoms with Crippen LogP contribution in [0.3, 0.4) is 0 Å². The van der Waals surface area contributed by atoms with Gasteiger partial charge < -0.3 is 15.2 Å². The van der Waals surface area contributed by atoms with Gasteiger partial charge in [0.05, 0.1) is 6.42 Å². The van der Waals surface area contributed by atoms with E-state index in [2.05, 4.69) is 30.2 Å². The lowest BCUT2D eigenvalue weighted by Crippen LogP contribution is -2.70. The van der Waals surface area contributed by atoms with E-state index in [0.29, 0.717) is 15.0 Å². The molecule has 0 aliphatic carbocycles. The number of hydrogen-bond acceptors (Lipinski definition) is 13. The van der Waals surface area contributed by atoms with Gasteiger partial charge in [-0.15, -0.1) is 22.0 Å². The van der Waals surface area contributed by atoms with Crippen LogP contribution >= 0.6 is 46.4 Å². The topological polar surface area (TPSA) is 177 Å². The van der Waals surface area contributed by atoms with E-state index in [9.17, 15) is 24.3 Å². The Balaban J connectivity index is 1.36. The molecular weight excluding hydrogens is 551 g/mol. The summed E-state index contributed by atoms with van der Waals surface area (Å²) in [5.74, 6) is -1.72. The molecule has 3 amide bonds. The third-order valence-corrected chi connectivity index (χ3v) is 8.67. The smallest absolute Gasteiger partial charge is 0.414 e. The molecule has 2 aliphatic rings. The number of ether oxygens (including phenoxy) is 1. The average molecular weight is 572 g/mol. The Bertz CT molecular complexity index is 1250. The normalized spacial score (nSPS) is 19.4. The number of nitrogens with one attached hydrogen (secondary N) is 2. The molecule has 1 saturated heterocycles. The van der Waals surface area contributed by atoms with Gasteiger partial charge >= 0.3 is 12.1 Å². The second kappa shape index (κ2) is 10.3. The molecule has 192 valence electrons. The van der Waals surface area contributed by atoms with Gasteiger partial charge in [0.2, 0.25) is 11.0 Å². The van der Waals surface area contributed by atoms with Gasteiger partial charge in [-0.25, -0.2) is 14.6 Å². The lowest BCUT2D eigenvalue weighted by Gasteiger charge is -2.49. The highest BCUT2D eigenvalue weighted by Crippen LogP contribution is 2.45. The Morgan fingerprint density at radius 1 is 1.28 bits per heavy atom. The van der Waals surface area contributed by atoms with Crippen LogP contribution in [0.5, 0.6) is 0 Å². The number of anilines is 1. The fourth-order valence-corrected chi connectivity index (χ4v) is 7.26. The van der Waals surface area contributed by atoms with Gasteiger partial charge in [-0.3, -0.25) is 19.8 Å². The van der Waals surface area contributed by atoms with Crippen LogP contribution in [-0.4, -0.2) is 76.2 Å². The first kappa shape index (κ1) is 26.3. The molecule has 2 aromatic heterocycles. The monoisotopic (exact) mass is 571 g/mol. The first-order valence-corrected chi connectivity index (χ1v) is 13.9. The Hall–Kier alpha value is -2.76. The van der Waals surface area contributed by atoms with Gasteiger partial charge in [-0.1, -0.05) is 23.1 Å². The van der Waals surface area contributed by atoms with E-state index < -0.39 is 40.9 Å². The van der Waals surface area contributed by atoms with Crippen molar-refractivity contribution in [3.8, 4) is 0 Å². The van der Waals surface area contributed by atoms with E-state index in [1.54, 1.807) is 27.7 Å². The number of aromatic nitrogens is 4. The molecule has 0 aromatic carbocycles. The molecule has 0 radical (unpaired) electrons. The number of nitrogens with zero attached hydrogens (tertiary/aromatic N) is 5. The molecule has 0 saturated carbocycles. The Labute approximate surface area is 221 Å². The maximum absolute atomic E-state index is 12.8. The van der Waals surface area contributed by atoms with E-state index in [0.717, 1.165) is 16.5 Å². The molecule has 3 N–H and O–H groups in total. The minimum atomic E-state index is -1.22. The Morgan fingerprint density at radius 2 is 2.03 bits per heavy atom. The van der Waals surface area contributed by atoms with Crippen molar-refractivity contribution in [3.05, 3.63) is 21.4 Å². The van der Waals surface area contributed by atoms with Crippen LogP contribution in [0.1, 0.15) is 31.6 Å². The number of rotatable bonds is 7. The summed E-state index contributed by atoms with van der Waals surface area (Å²) in [6.45, 7) is 6.98. The summed E-state index contributed by atoms with van der Waals surface area (Å²) in [4.78, 5) is 55.0. The zero-order valence-electron chi connectivity index (χ0n) is 19.4. The van der Waals surface area contributed by atoms with Crippen molar-refractivity contribution in [2.75, 3.05) is 11.1 Å². The lowest BCUT2D eigenvalue weighted by molar-refractivity contribution is -0.150. The summed E-state index contributed by atoms with van der Waals surface area (Å²) in [7, 11) is 0. The van der Waals surface area contributed by atoms with Crippen molar-refractivity contribution in [1.29, 1.82) is 0 Å². The molecule has 0 unspecified atom stereocenters. The summed E-state index contributed by atoms with van der Waals surface area (Å²) < 4.78 is 9.79. The third-order valence-electron chi connectivity index (χ3n) is 4.57. The zero-order valence-corrected chi connectivity index (χ0v) is 22.7. The predicted octanol–water partition coefficient (Wildman–Crippen LogP) is 2.08. The van der Waals surface area contributed by atoms with Crippen molar-refractivity contribution in [3.63, 3.8) is 0 Å². The molecule has 13 nitrogen and oxygen atoms in total. The summed E-state index contributed by atoms with van der Waals surface area (Å²) >= 11 is 4.77. The number of carboxylic acids is 1.